The third kappa shape index (κ3) is 2.89. The second-order valence-corrected chi connectivity index (χ2v) is 4.52. The number of hydrogen-bond donors (Lipinski definition) is 2. The van der Waals surface area contributed by atoms with Crippen LogP contribution in [0.15, 0.2) is 36.4 Å². The lowest BCUT2D eigenvalue weighted by molar-refractivity contribution is -0.383. The van der Waals surface area contributed by atoms with Gasteiger partial charge in [-0.2, -0.15) is 0 Å². The van der Waals surface area contributed by atoms with Crippen LogP contribution >= 0.6 is 23.2 Å². The Labute approximate surface area is 118 Å². The summed E-state index contributed by atoms with van der Waals surface area (Å²) in [7, 11) is 0. The lowest BCUT2D eigenvalue weighted by Gasteiger charge is -2.10. The van der Waals surface area contributed by atoms with Crippen LogP contribution in [-0.2, 0) is 0 Å². The average molecular weight is 299 g/mol. The van der Waals surface area contributed by atoms with E-state index in [0.717, 1.165) is 0 Å². The van der Waals surface area contributed by atoms with Crippen LogP contribution in [0.4, 0.5) is 17.1 Å². The predicted octanol–water partition coefficient (Wildman–Crippen LogP) is 4.35. The second-order valence-electron chi connectivity index (χ2n) is 3.68. The van der Waals surface area contributed by atoms with Gasteiger partial charge in [0.1, 0.15) is 11.4 Å². The van der Waals surface area contributed by atoms with Crippen LogP contribution in [0.25, 0.3) is 0 Å². The number of para-hydroxylation sites is 2. The van der Waals surface area contributed by atoms with Crippen LogP contribution < -0.4 is 5.32 Å². The van der Waals surface area contributed by atoms with Crippen molar-refractivity contribution in [1.82, 2.24) is 0 Å². The largest absolute Gasteiger partial charge is 0.506 e. The minimum atomic E-state index is -0.597. The first kappa shape index (κ1) is 13.5. The molecule has 2 rings (SSSR count). The van der Waals surface area contributed by atoms with Crippen molar-refractivity contribution >= 4 is 40.3 Å². The molecule has 0 aromatic heterocycles. The fourth-order valence-corrected chi connectivity index (χ4v) is 2.07. The maximum atomic E-state index is 11.0. The maximum Gasteiger partial charge on any atom is 0.295 e. The molecule has 0 unspecified atom stereocenters. The van der Waals surface area contributed by atoms with Gasteiger partial charge in [0, 0.05) is 11.1 Å². The van der Waals surface area contributed by atoms with Crippen molar-refractivity contribution in [3.8, 4) is 5.75 Å². The van der Waals surface area contributed by atoms with E-state index >= 15 is 0 Å². The summed E-state index contributed by atoms with van der Waals surface area (Å²) in [4.78, 5) is 10.4. The summed E-state index contributed by atoms with van der Waals surface area (Å²) < 4.78 is 0. The molecule has 0 amide bonds. The molecule has 2 aromatic carbocycles. The van der Waals surface area contributed by atoms with E-state index in [0.29, 0.717) is 5.69 Å². The number of halogens is 2. The van der Waals surface area contributed by atoms with Crippen LogP contribution in [-0.4, -0.2) is 10.0 Å². The third-order valence-electron chi connectivity index (χ3n) is 2.39. The van der Waals surface area contributed by atoms with Gasteiger partial charge >= 0.3 is 0 Å². The number of nitro benzene ring substituents is 1. The van der Waals surface area contributed by atoms with Gasteiger partial charge in [-0.15, -0.1) is 0 Å². The molecule has 0 heterocycles. The van der Waals surface area contributed by atoms with E-state index in [1.807, 2.05) is 0 Å². The molecular formula is C12H8Cl2N2O3. The Bertz CT molecular complexity index is 647. The van der Waals surface area contributed by atoms with Crippen LogP contribution in [0.1, 0.15) is 0 Å². The minimum Gasteiger partial charge on any atom is -0.506 e. The van der Waals surface area contributed by atoms with Gasteiger partial charge in [0.2, 0.25) is 0 Å². The normalized spacial score (nSPS) is 10.2. The number of nitrogens with zero attached hydrogens (tertiary/aromatic N) is 1. The molecule has 0 aliphatic carbocycles. The molecule has 98 valence electrons. The van der Waals surface area contributed by atoms with Gasteiger partial charge in [-0.1, -0.05) is 35.3 Å². The number of hydrogen-bond acceptors (Lipinski definition) is 4. The predicted molar refractivity (Wildman–Crippen MR) is 74.5 cm³/mol. The number of nitrogens with one attached hydrogen (secondary N) is 1. The van der Waals surface area contributed by atoms with E-state index in [2.05, 4.69) is 5.32 Å². The Hall–Kier alpha value is -1.98. The summed E-state index contributed by atoms with van der Waals surface area (Å²) in [5.41, 5.74) is 0.133. The van der Waals surface area contributed by atoms with Crippen LogP contribution in [0.2, 0.25) is 10.0 Å². The number of aromatic hydroxyl groups is 1. The molecule has 0 atom stereocenters. The summed E-state index contributed by atoms with van der Waals surface area (Å²) in [6.07, 6.45) is 0. The van der Waals surface area contributed by atoms with E-state index in [1.165, 1.54) is 18.2 Å². The molecule has 0 aliphatic heterocycles. The molecule has 0 radical (unpaired) electrons. The molecule has 7 heteroatoms. The van der Waals surface area contributed by atoms with Crippen molar-refractivity contribution in [3.05, 3.63) is 56.6 Å². The van der Waals surface area contributed by atoms with E-state index < -0.39 is 4.92 Å². The summed E-state index contributed by atoms with van der Waals surface area (Å²) in [6.45, 7) is 0. The highest BCUT2D eigenvalue weighted by Crippen LogP contribution is 2.38. The van der Waals surface area contributed by atoms with E-state index in [1.54, 1.807) is 18.2 Å². The molecule has 19 heavy (non-hydrogen) atoms. The first-order chi connectivity index (χ1) is 8.99. The summed E-state index contributed by atoms with van der Waals surface area (Å²) in [5.74, 6) is -0.0391. The topological polar surface area (TPSA) is 75.4 Å². The van der Waals surface area contributed by atoms with Gasteiger partial charge in [0.25, 0.3) is 5.69 Å². The van der Waals surface area contributed by atoms with E-state index in [-0.39, 0.29) is 27.2 Å². The van der Waals surface area contributed by atoms with Crippen LogP contribution in [0, 0.1) is 10.1 Å². The van der Waals surface area contributed by atoms with Crippen molar-refractivity contribution < 1.29 is 10.0 Å². The molecule has 5 nitrogen and oxygen atoms in total. The lowest BCUT2D eigenvalue weighted by atomic mass is 10.2. The van der Waals surface area contributed by atoms with Crippen LogP contribution in [0.3, 0.4) is 0 Å². The Balaban J connectivity index is 2.51. The lowest BCUT2D eigenvalue weighted by Crippen LogP contribution is -1.98. The van der Waals surface area contributed by atoms with Gasteiger partial charge in [0.05, 0.1) is 15.6 Å². The SMILES string of the molecule is O=[N+]([O-])c1cc(Cl)cc(Cl)c1Nc1ccccc1O. The highest BCUT2D eigenvalue weighted by molar-refractivity contribution is 6.37. The molecule has 2 N–H and O–H groups in total. The van der Waals surface area contributed by atoms with Gasteiger partial charge in [-0.25, -0.2) is 0 Å². The molecule has 0 bridgehead atoms. The standard InChI is InChI=1S/C12H8Cl2N2O3/c13-7-5-8(14)12(10(6-7)16(18)19)15-9-3-1-2-4-11(9)17/h1-6,15,17H. The number of rotatable bonds is 3. The zero-order valence-corrected chi connectivity index (χ0v) is 10.9. The highest BCUT2D eigenvalue weighted by Gasteiger charge is 2.19. The van der Waals surface area contributed by atoms with Crippen molar-refractivity contribution in [2.75, 3.05) is 5.32 Å². The number of phenolic OH excluding ortho intramolecular Hbond substituents is 1. The van der Waals surface area contributed by atoms with Crippen molar-refractivity contribution in [3.63, 3.8) is 0 Å². The average Bonchev–Trinajstić information content (AvgIpc) is 2.34. The molecule has 0 aliphatic rings. The number of nitro groups is 1. The van der Waals surface area contributed by atoms with Crippen molar-refractivity contribution in [2.45, 2.75) is 0 Å². The Morgan fingerprint density at radius 1 is 1.21 bits per heavy atom. The van der Waals surface area contributed by atoms with Gasteiger partial charge in [-0.05, 0) is 18.2 Å². The monoisotopic (exact) mass is 298 g/mol. The summed E-state index contributed by atoms with van der Waals surface area (Å²) in [5, 5.41) is 23.6. The number of phenols is 1. The molecule has 0 saturated heterocycles. The van der Waals surface area contributed by atoms with Gasteiger partial charge in [-0.3, -0.25) is 10.1 Å². The fourth-order valence-electron chi connectivity index (χ4n) is 1.54. The first-order valence-electron chi connectivity index (χ1n) is 5.17. The van der Waals surface area contributed by atoms with Crippen LogP contribution in [0.5, 0.6) is 5.75 Å². The molecular weight excluding hydrogens is 291 g/mol. The second kappa shape index (κ2) is 5.34. The quantitative estimate of drug-likeness (QED) is 0.502. The summed E-state index contributed by atoms with van der Waals surface area (Å²) >= 11 is 11.7. The number of anilines is 2. The third-order valence-corrected chi connectivity index (χ3v) is 2.91. The van der Waals surface area contributed by atoms with Gasteiger partial charge < -0.3 is 10.4 Å². The Morgan fingerprint density at radius 2 is 1.89 bits per heavy atom. The Morgan fingerprint density at radius 3 is 2.53 bits per heavy atom. The number of benzene rings is 2. The zero-order valence-electron chi connectivity index (χ0n) is 9.43. The smallest absolute Gasteiger partial charge is 0.295 e. The van der Waals surface area contributed by atoms with Gasteiger partial charge in [0.15, 0.2) is 0 Å². The van der Waals surface area contributed by atoms with E-state index in [9.17, 15) is 15.2 Å². The highest BCUT2D eigenvalue weighted by atomic mass is 35.5. The fraction of sp³-hybridized carbons (Fsp3) is 0. The molecule has 0 fully saturated rings. The Kier molecular flexibility index (Phi) is 3.78. The summed E-state index contributed by atoms with van der Waals surface area (Å²) in [6, 6.07) is 8.92. The maximum absolute atomic E-state index is 11.0. The zero-order chi connectivity index (χ0) is 14.0. The minimum absolute atomic E-state index is 0.0391. The van der Waals surface area contributed by atoms with Crippen molar-refractivity contribution in [1.29, 1.82) is 0 Å². The first-order valence-corrected chi connectivity index (χ1v) is 5.93. The molecule has 0 saturated carbocycles. The molecule has 0 spiro atoms. The van der Waals surface area contributed by atoms with E-state index in [4.69, 9.17) is 23.2 Å². The molecule has 2 aromatic rings. The van der Waals surface area contributed by atoms with Crippen molar-refractivity contribution in [2.24, 2.45) is 0 Å².